The van der Waals surface area contributed by atoms with Crippen LogP contribution >= 0.6 is 0 Å². The molecule has 0 fully saturated rings. The van der Waals surface area contributed by atoms with Gasteiger partial charge >= 0.3 is 0 Å². The molecule has 0 bridgehead atoms. The Morgan fingerprint density at radius 3 is 2.60 bits per heavy atom. The maximum absolute atomic E-state index is 12.1. The van der Waals surface area contributed by atoms with Crippen molar-refractivity contribution in [1.29, 1.82) is 0 Å². The third-order valence-corrected chi connectivity index (χ3v) is 3.37. The molecule has 0 N–H and O–H groups in total. The monoisotopic (exact) mass is 268 g/mol. The van der Waals surface area contributed by atoms with Gasteiger partial charge < -0.3 is 0 Å². The van der Waals surface area contributed by atoms with Crippen molar-refractivity contribution in [3.8, 4) is 0 Å². The second-order valence-corrected chi connectivity index (χ2v) is 5.34. The van der Waals surface area contributed by atoms with Crippen molar-refractivity contribution in [3.05, 3.63) is 58.9 Å². The third kappa shape index (κ3) is 3.23. The van der Waals surface area contributed by atoms with Gasteiger partial charge in [-0.25, -0.2) is 0 Å². The molecule has 0 aliphatic carbocycles. The van der Waals surface area contributed by atoms with E-state index in [-0.39, 0.29) is 11.8 Å². The van der Waals surface area contributed by atoms with E-state index < -0.39 is 0 Å². The SMILES string of the molecule is Cc1ccc(/C=C/C(=O)c2cnn(C(C)C)c2)cc1C. The molecule has 2 rings (SSSR count). The maximum atomic E-state index is 12.1. The van der Waals surface area contributed by atoms with E-state index in [0.29, 0.717) is 5.56 Å². The maximum Gasteiger partial charge on any atom is 0.189 e. The summed E-state index contributed by atoms with van der Waals surface area (Å²) in [5, 5.41) is 4.18. The van der Waals surface area contributed by atoms with Gasteiger partial charge in [-0.05, 0) is 50.5 Å². The minimum Gasteiger partial charge on any atom is -0.289 e. The molecule has 1 aromatic heterocycles. The van der Waals surface area contributed by atoms with E-state index in [4.69, 9.17) is 0 Å². The first kappa shape index (κ1) is 14.3. The molecule has 3 nitrogen and oxygen atoms in total. The molecule has 0 unspecified atom stereocenters. The lowest BCUT2D eigenvalue weighted by Crippen LogP contribution is -2.00. The number of carbonyl (C=O) groups excluding carboxylic acids is 1. The van der Waals surface area contributed by atoms with Gasteiger partial charge in [0.25, 0.3) is 0 Å². The predicted octanol–water partition coefficient (Wildman–Crippen LogP) is 3.98. The number of hydrogen-bond donors (Lipinski definition) is 0. The number of allylic oxidation sites excluding steroid dienone is 1. The highest BCUT2D eigenvalue weighted by Crippen LogP contribution is 2.12. The number of hydrogen-bond acceptors (Lipinski definition) is 2. The van der Waals surface area contributed by atoms with E-state index in [1.807, 2.05) is 26.0 Å². The zero-order chi connectivity index (χ0) is 14.7. The Kier molecular flexibility index (Phi) is 4.18. The first-order chi connectivity index (χ1) is 9.47. The molecule has 0 atom stereocenters. The quantitative estimate of drug-likeness (QED) is 0.621. The van der Waals surface area contributed by atoms with Crippen molar-refractivity contribution in [2.45, 2.75) is 33.7 Å². The van der Waals surface area contributed by atoms with Gasteiger partial charge in [0.1, 0.15) is 0 Å². The molecular weight excluding hydrogens is 248 g/mol. The lowest BCUT2D eigenvalue weighted by molar-refractivity contribution is 0.104. The number of carbonyl (C=O) groups is 1. The zero-order valence-electron chi connectivity index (χ0n) is 12.4. The summed E-state index contributed by atoms with van der Waals surface area (Å²) in [6.45, 7) is 8.22. The molecule has 1 heterocycles. The number of rotatable bonds is 4. The Bertz CT molecular complexity index is 651. The lowest BCUT2D eigenvalue weighted by Gasteiger charge is -2.02. The molecule has 3 heteroatoms. The molecular formula is C17H20N2O. The van der Waals surface area contributed by atoms with E-state index >= 15 is 0 Å². The fraction of sp³-hybridized carbons (Fsp3) is 0.294. The van der Waals surface area contributed by atoms with Crippen molar-refractivity contribution in [2.75, 3.05) is 0 Å². The Labute approximate surface area is 119 Å². The summed E-state index contributed by atoms with van der Waals surface area (Å²) in [7, 11) is 0. The Morgan fingerprint density at radius 1 is 1.25 bits per heavy atom. The number of ketones is 1. The summed E-state index contributed by atoms with van der Waals surface area (Å²) in [5.41, 5.74) is 4.15. The molecule has 0 aliphatic heterocycles. The first-order valence-corrected chi connectivity index (χ1v) is 6.81. The Hall–Kier alpha value is -2.16. The van der Waals surface area contributed by atoms with E-state index in [1.165, 1.54) is 11.1 Å². The van der Waals surface area contributed by atoms with Crippen LogP contribution in [0.2, 0.25) is 0 Å². The molecule has 20 heavy (non-hydrogen) atoms. The van der Waals surface area contributed by atoms with Gasteiger partial charge in [0.05, 0.1) is 11.8 Å². The largest absolute Gasteiger partial charge is 0.289 e. The first-order valence-electron chi connectivity index (χ1n) is 6.81. The number of nitrogens with zero attached hydrogens (tertiary/aromatic N) is 2. The summed E-state index contributed by atoms with van der Waals surface area (Å²) >= 11 is 0. The molecule has 0 saturated carbocycles. The van der Waals surface area contributed by atoms with Crippen LogP contribution in [0, 0.1) is 13.8 Å². The molecule has 2 aromatic rings. The van der Waals surface area contributed by atoms with Gasteiger partial charge in [0.15, 0.2) is 5.78 Å². The molecule has 0 saturated heterocycles. The highest BCUT2D eigenvalue weighted by Gasteiger charge is 2.07. The van der Waals surface area contributed by atoms with Crippen LogP contribution in [0.25, 0.3) is 6.08 Å². The lowest BCUT2D eigenvalue weighted by atomic mass is 10.1. The van der Waals surface area contributed by atoms with Gasteiger partial charge in [0.2, 0.25) is 0 Å². The van der Waals surface area contributed by atoms with E-state index in [1.54, 1.807) is 23.2 Å². The normalized spacial score (nSPS) is 11.4. The minimum absolute atomic E-state index is 0.0184. The van der Waals surface area contributed by atoms with E-state index in [9.17, 15) is 4.79 Å². The number of aromatic nitrogens is 2. The van der Waals surface area contributed by atoms with Gasteiger partial charge in [-0.3, -0.25) is 9.48 Å². The van der Waals surface area contributed by atoms with Gasteiger partial charge in [0, 0.05) is 12.2 Å². The predicted molar refractivity (Wildman–Crippen MR) is 81.9 cm³/mol. The standard InChI is InChI=1S/C17H20N2O/c1-12(2)19-11-16(10-18-19)17(20)8-7-15-6-5-13(3)14(4)9-15/h5-12H,1-4H3/b8-7+. The highest BCUT2D eigenvalue weighted by atomic mass is 16.1. The van der Waals surface area contributed by atoms with Crippen LogP contribution in [0.15, 0.2) is 36.7 Å². The van der Waals surface area contributed by atoms with Gasteiger partial charge in [-0.15, -0.1) is 0 Å². The van der Waals surface area contributed by atoms with Crippen molar-refractivity contribution in [2.24, 2.45) is 0 Å². The van der Waals surface area contributed by atoms with Gasteiger partial charge in [-0.2, -0.15) is 5.10 Å². The Balaban J connectivity index is 2.13. The third-order valence-electron chi connectivity index (χ3n) is 3.37. The molecule has 0 aliphatic rings. The topological polar surface area (TPSA) is 34.9 Å². The second kappa shape index (κ2) is 5.87. The van der Waals surface area contributed by atoms with Crippen LogP contribution in [-0.2, 0) is 0 Å². The summed E-state index contributed by atoms with van der Waals surface area (Å²) in [6.07, 6.45) is 6.86. The van der Waals surface area contributed by atoms with E-state index in [2.05, 4.69) is 31.1 Å². The van der Waals surface area contributed by atoms with Crippen LogP contribution in [0.1, 0.15) is 46.9 Å². The van der Waals surface area contributed by atoms with Crippen molar-refractivity contribution < 1.29 is 4.79 Å². The van der Waals surface area contributed by atoms with Crippen LogP contribution < -0.4 is 0 Å². The van der Waals surface area contributed by atoms with Crippen molar-refractivity contribution in [1.82, 2.24) is 9.78 Å². The summed E-state index contributed by atoms with van der Waals surface area (Å²) in [5.74, 6) is -0.0184. The van der Waals surface area contributed by atoms with Crippen LogP contribution in [0.3, 0.4) is 0 Å². The summed E-state index contributed by atoms with van der Waals surface area (Å²) in [4.78, 5) is 12.1. The molecule has 1 aromatic carbocycles. The minimum atomic E-state index is -0.0184. The number of aryl methyl sites for hydroxylation is 2. The molecule has 104 valence electrons. The van der Waals surface area contributed by atoms with Gasteiger partial charge in [-0.1, -0.05) is 24.3 Å². The fourth-order valence-corrected chi connectivity index (χ4v) is 1.88. The summed E-state index contributed by atoms with van der Waals surface area (Å²) in [6, 6.07) is 6.43. The second-order valence-electron chi connectivity index (χ2n) is 5.34. The van der Waals surface area contributed by atoms with Crippen molar-refractivity contribution in [3.63, 3.8) is 0 Å². The average molecular weight is 268 g/mol. The Morgan fingerprint density at radius 2 is 2.00 bits per heavy atom. The zero-order valence-corrected chi connectivity index (χ0v) is 12.4. The average Bonchev–Trinajstić information content (AvgIpc) is 2.89. The summed E-state index contributed by atoms with van der Waals surface area (Å²) < 4.78 is 1.79. The van der Waals surface area contributed by atoms with E-state index in [0.717, 1.165) is 5.56 Å². The van der Waals surface area contributed by atoms with Crippen LogP contribution in [0.5, 0.6) is 0 Å². The number of benzene rings is 1. The van der Waals surface area contributed by atoms with Crippen LogP contribution in [0.4, 0.5) is 0 Å². The smallest absolute Gasteiger partial charge is 0.189 e. The fourth-order valence-electron chi connectivity index (χ4n) is 1.88. The highest BCUT2D eigenvalue weighted by molar-refractivity contribution is 6.06. The van der Waals surface area contributed by atoms with Crippen LogP contribution in [-0.4, -0.2) is 15.6 Å². The molecule has 0 radical (unpaired) electrons. The molecule has 0 amide bonds. The van der Waals surface area contributed by atoms with Crippen molar-refractivity contribution >= 4 is 11.9 Å². The molecule has 0 spiro atoms.